The minimum Gasteiger partial charge on any atom is -0.302 e. The molecule has 1 N–H and O–H groups in total. The molecule has 1 amide bonds. The summed E-state index contributed by atoms with van der Waals surface area (Å²) < 4.78 is 14.3. The van der Waals surface area contributed by atoms with Crippen molar-refractivity contribution in [1.82, 2.24) is 9.97 Å². The Morgan fingerprint density at radius 3 is 2.84 bits per heavy atom. The Bertz CT molecular complexity index is 1020. The molecule has 124 valence electrons. The molecule has 0 spiro atoms. The van der Waals surface area contributed by atoms with Crippen LogP contribution in [0.1, 0.15) is 5.69 Å². The summed E-state index contributed by atoms with van der Waals surface area (Å²) in [5.74, 6) is -0.474. The van der Waals surface area contributed by atoms with Crippen LogP contribution in [0.5, 0.6) is 0 Å². The van der Waals surface area contributed by atoms with E-state index in [2.05, 4.69) is 15.3 Å². The van der Waals surface area contributed by atoms with Gasteiger partial charge >= 0.3 is 0 Å². The molecule has 0 radical (unpaired) electrons. The molecule has 7 heteroatoms. The van der Waals surface area contributed by atoms with E-state index in [4.69, 9.17) is 0 Å². The molecule has 25 heavy (non-hydrogen) atoms. The molecule has 2 heterocycles. The van der Waals surface area contributed by atoms with Crippen LogP contribution in [0.15, 0.2) is 53.9 Å². The maximum atomic E-state index is 13.3. The molecule has 0 aliphatic rings. The van der Waals surface area contributed by atoms with E-state index in [1.165, 1.54) is 34.8 Å². The third-order valence-electron chi connectivity index (χ3n) is 3.51. The molecule has 0 aliphatic carbocycles. The van der Waals surface area contributed by atoms with Crippen molar-refractivity contribution < 1.29 is 9.18 Å². The molecule has 2 aromatic heterocycles. The number of hydrogen-bond acceptors (Lipinski definition) is 5. The van der Waals surface area contributed by atoms with Crippen molar-refractivity contribution in [2.75, 3.05) is 5.32 Å². The Morgan fingerprint density at radius 2 is 2.00 bits per heavy atom. The first-order valence-electron chi connectivity index (χ1n) is 7.53. The van der Waals surface area contributed by atoms with Gasteiger partial charge in [-0.3, -0.25) is 4.79 Å². The first-order chi connectivity index (χ1) is 12.2. The number of fused-ring (bicyclic) bond motifs is 1. The molecule has 0 saturated heterocycles. The highest BCUT2D eigenvalue weighted by Crippen LogP contribution is 2.26. The lowest BCUT2D eigenvalue weighted by Crippen LogP contribution is -2.14. The number of rotatable bonds is 4. The molecule has 0 unspecified atom stereocenters. The molecule has 4 aromatic rings. The van der Waals surface area contributed by atoms with Crippen molar-refractivity contribution in [2.45, 2.75) is 6.42 Å². The van der Waals surface area contributed by atoms with Crippen LogP contribution in [0.4, 0.5) is 9.52 Å². The van der Waals surface area contributed by atoms with Crippen LogP contribution >= 0.6 is 22.7 Å². The van der Waals surface area contributed by atoms with Crippen LogP contribution in [0.3, 0.4) is 0 Å². The predicted octanol–water partition coefficient (Wildman–Crippen LogP) is 4.74. The fourth-order valence-electron chi connectivity index (χ4n) is 2.40. The Morgan fingerprint density at radius 1 is 1.12 bits per heavy atom. The molecule has 4 rings (SSSR count). The van der Waals surface area contributed by atoms with E-state index in [9.17, 15) is 9.18 Å². The van der Waals surface area contributed by atoms with Crippen LogP contribution in [0.2, 0.25) is 0 Å². The molecule has 2 aromatic carbocycles. The van der Waals surface area contributed by atoms with Gasteiger partial charge in [0.15, 0.2) is 5.13 Å². The van der Waals surface area contributed by atoms with Gasteiger partial charge in [-0.2, -0.15) is 0 Å². The topological polar surface area (TPSA) is 54.9 Å². The van der Waals surface area contributed by atoms with Crippen molar-refractivity contribution in [3.63, 3.8) is 0 Å². The highest BCUT2D eigenvalue weighted by atomic mass is 32.1. The van der Waals surface area contributed by atoms with Crippen LogP contribution < -0.4 is 5.32 Å². The molecule has 0 fully saturated rings. The van der Waals surface area contributed by atoms with Gasteiger partial charge in [-0.1, -0.05) is 35.6 Å². The molecular weight excluding hydrogens is 357 g/mol. The minimum atomic E-state index is -0.303. The maximum absolute atomic E-state index is 13.3. The third-order valence-corrected chi connectivity index (χ3v) is 5.40. The summed E-state index contributed by atoms with van der Waals surface area (Å²) in [5.41, 5.74) is 2.23. The summed E-state index contributed by atoms with van der Waals surface area (Å²) >= 11 is 2.83. The van der Waals surface area contributed by atoms with Crippen LogP contribution in [-0.2, 0) is 11.2 Å². The number of nitrogens with zero attached hydrogens (tertiary/aromatic N) is 2. The number of hydrogen-bond donors (Lipinski definition) is 1. The van der Waals surface area contributed by atoms with Gasteiger partial charge in [-0.25, -0.2) is 14.4 Å². The monoisotopic (exact) mass is 369 g/mol. The smallest absolute Gasteiger partial charge is 0.232 e. The highest BCUT2D eigenvalue weighted by Gasteiger charge is 2.12. The predicted molar refractivity (Wildman–Crippen MR) is 99.5 cm³/mol. The second-order valence-corrected chi connectivity index (χ2v) is 7.25. The first kappa shape index (κ1) is 15.9. The van der Waals surface area contributed by atoms with Crippen molar-refractivity contribution in [2.24, 2.45) is 0 Å². The third kappa shape index (κ3) is 3.57. The lowest BCUT2D eigenvalue weighted by molar-refractivity contribution is -0.115. The minimum absolute atomic E-state index is 0.155. The highest BCUT2D eigenvalue weighted by molar-refractivity contribution is 7.22. The molecular formula is C18H12FN3OS2. The van der Waals surface area contributed by atoms with Crippen molar-refractivity contribution in [1.29, 1.82) is 0 Å². The van der Waals surface area contributed by atoms with Crippen molar-refractivity contribution in [3.8, 4) is 10.6 Å². The Kier molecular flexibility index (Phi) is 4.25. The zero-order valence-electron chi connectivity index (χ0n) is 12.9. The summed E-state index contributed by atoms with van der Waals surface area (Å²) in [6.07, 6.45) is 0.155. The number of halogens is 1. The summed E-state index contributed by atoms with van der Waals surface area (Å²) in [4.78, 5) is 21.0. The first-order valence-corrected chi connectivity index (χ1v) is 9.23. The Labute approximate surface area is 151 Å². The van der Waals surface area contributed by atoms with E-state index in [-0.39, 0.29) is 18.1 Å². The number of anilines is 1. The van der Waals surface area contributed by atoms with Crippen LogP contribution in [0.25, 0.3) is 20.8 Å². The van der Waals surface area contributed by atoms with E-state index < -0.39 is 0 Å². The van der Waals surface area contributed by atoms with E-state index in [0.717, 1.165) is 10.2 Å². The molecule has 4 nitrogen and oxygen atoms in total. The van der Waals surface area contributed by atoms with E-state index >= 15 is 0 Å². The molecule has 0 saturated carbocycles. The average molecular weight is 369 g/mol. The zero-order chi connectivity index (χ0) is 17.2. The van der Waals surface area contributed by atoms with Crippen molar-refractivity contribution >= 4 is 43.9 Å². The number of benzene rings is 2. The summed E-state index contributed by atoms with van der Waals surface area (Å²) in [6.45, 7) is 0. The number of para-hydroxylation sites is 1. The van der Waals surface area contributed by atoms with Gasteiger partial charge < -0.3 is 5.32 Å². The van der Waals surface area contributed by atoms with Gasteiger partial charge in [0, 0.05) is 10.9 Å². The molecule has 0 aliphatic heterocycles. The SMILES string of the molecule is O=C(Cc1csc(-c2cccc(F)c2)n1)Nc1nc2ccccc2s1. The lowest BCUT2D eigenvalue weighted by Gasteiger charge is -1.99. The largest absolute Gasteiger partial charge is 0.302 e. The Balaban J connectivity index is 1.46. The summed E-state index contributed by atoms with van der Waals surface area (Å²) in [5, 5.41) is 5.90. The van der Waals surface area contributed by atoms with E-state index in [1.807, 2.05) is 29.6 Å². The quantitative estimate of drug-likeness (QED) is 0.565. The molecule has 0 atom stereocenters. The zero-order valence-corrected chi connectivity index (χ0v) is 14.5. The maximum Gasteiger partial charge on any atom is 0.232 e. The lowest BCUT2D eigenvalue weighted by atomic mass is 10.2. The van der Waals surface area contributed by atoms with Gasteiger partial charge in [0.1, 0.15) is 10.8 Å². The van der Waals surface area contributed by atoms with E-state index in [1.54, 1.807) is 12.1 Å². The Hall–Kier alpha value is -2.64. The number of carbonyl (C=O) groups excluding carboxylic acids is 1. The van der Waals surface area contributed by atoms with Crippen LogP contribution in [0, 0.1) is 5.82 Å². The van der Waals surface area contributed by atoms with Gasteiger partial charge in [0.05, 0.1) is 22.3 Å². The fourth-order valence-corrected chi connectivity index (χ4v) is 4.09. The number of aromatic nitrogens is 2. The normalized spacial score (nSPS) is 10.9. The molecule has 0 bridgehead atoms. The standard InChI is InChI=1S/C18H12FN3OS2/c19-12-5-3-4-11(8-12)17-20-13(10-24-17)9-16(23)22-18-21-14-6-1-2-7-15(14)25-18/h1-8,10H,9H2,(H,21,22,23). The number of nitrogens with one attached hydrogen (secondary N) is 1. The average Bonchev–Trinajstić information content (AvgIpc) is 3.21. The second-order valence-electron chi connectivity index (χ2n) is 5.37. The van der Waals surface area contributed by atoms with Gasteiger partial charge in [-0.15, -0.1) is 11.3 Å². The van der Waals surface area contributed by atoms with Gasteiger partial charge in [0.2, 0.25) is 5.91 Å². The van der Waals surface area contributed by atoms with Gasteiger partial charge in [0.25, 0.3) is 0 Å². The van der Waals surface area contributed by atoms with E-state index in [0.29, 0.717) is 21.4 Å². The number of amides is 1. The number of thiazole rings is 2. The number of carbonyl (C=O) groups is 1. The second kappa shape index (κ2) is 6.70. The van der Waals surface area contributed by atoms with Gasteiger partial charge in [-0.05, 0) is 24.3 Å². The summed E-state index contributed by atoms with van der Waals surface area (Å²) in [6, 6.07) is 14.0. The fraction of sp³-hybridized carbons (Fsp3) is 0.0556. The van der Waals surface area contributed by atoms with Crippen LogP contribution in [-0.4, -0.2) is 15.9 Å². The van der Waals surface area contributed by atoms with Crippen molar-refractivity contribution in [3.05, 3.63) is 65.4 Å². The summed E-state index contributed by atoms with van der Waals surface area (Å²) in [7, 11) is 0.